The Morgan fingerprint density at radius 3 is 2.59 bits per heavy atom. The number of morpholine rings is 1. The van der Waals surface area contributed by atoms with E-state index in [2.05, 4.69) is 15.5 Å². The van der Waals surface area contributed by atoms with Gasteiger partial charge in [0.05, 0.1) is 19.8 Å². The van der Waals surface area contributed by atoms with E-state index in [0.29, 0.717) is 23.7 Å². The van der Waals surface area contributed by atoms with Crippen molar-refractivity contribution in [2.45, 2.75) is 6.42 Å². The van der Waals surface area contributed by atoms with E-state index in [0.717, 1.165) is 39.3 Å². The van der Waals surface area contributed by atoms with Crippen molar-refractivity contribution in [2.24, 2.45) is 0 Å². The van der Waals surface area contributed by atoms with Gasteiger partial charge in [0.15, 0.2) is 0 Å². The Hall–Kier alpha value is -2.64. The second kappa shape index (κ2) is 9.89. The van der Waals surface area contributed by atoms with E-state index >= 15 is 0 Å². The molecule has 27 heavy (non-hydrogen) atoms. The monoisotopic (exact) mass is 373 g/mol. The summed E-state index contributed by atoms with van der Waals surface area (Å²) in [6.07, 6.45) is 0.933. The molecule has 0 unspecified atom stereocenters. The number of anilines is 2. The molecule has 0 atom stereocenters. The van der Waals surface area contributed by atoms with Crippen LogP contribution >= 0.6 is 0 Å². The molecule has 7 heteroatoms. The van der Waals surface area contributed by atoms with Gasteiger partial charge in [-0.3, -0.25) is 4.90 Å². The highest BCUT2D eigenvalue weighted by atomic mass is 19.1. The van der Waals surface area contributed by atoms with Gasteiger partial charge in [0.25, 0.3) is 0 Å². The Morgan fingerprint density at radius 1 is 1.07 bits per heavy atom. The normalized spacial score (nSPS) is 14.6. The molecule has 1 aliphatic heterocycles. The third-order valence-electron chi connectivity index (χ3n) is 4.19. The topological polar surface area (TPSA) is 62.8 Å². The molecule has 0 radical (unpaired) electrons. The second-order valence-electron chi connectivity index (χ2n) is 6.27. The van der Waals surface area contributed by atoms with E-state index in [1.165, 1.54) is 24.3 Å². The van der Waals surface area contributed by atoms with Gasteiger partial charge in [0.1, 0.15) is 11.6 Å². The summed E-state index contributed by atoms with van der Waals surface area (Å²) < 4.78 is 24.0. The minimum absolute atomic E-state index is 0.348. The van der Waals surface area contributed by atoms with E-state index in [9.17, 15) is 9.18 Å². The van der Waals surface area contributed by atoms with Gasteiger partial charge in [-0.05, 0) is 42.8 Å². The summed E-state index contributed by atoms with van der Waals surface area (Å²) in [5.41, 5.74) is 1.14. The van der Waals surface area contributed by atoms with Crippen LogP contribution in [0.4, 0.5) is 20.6 Å². The average Bonchev–Trinajstić information content (AvgIpc) is 2.68. The van der Waals surface area contributed by atoms with Gasteiger partial charge in [-0.2, -0.15) is 0 Å². The lowest BCUT2D eigenvalue weighted by molar-refractivity contribution is 0.0358. The van der Waals surface area contributed by atoms with Crippen molar-refractivity contribution in [3.8, 4) is 5.75 Å². The van der Waals surface area contributed by atoms with Crippen LogP contribution < -0.4 is 15.4 Å². The van der Waals surface area contributed by atoms with Crippen LogP contribution in [-0.2, 0) is 4.74 Å². The van der Waals surface area contributed by atoms with Crippen LogP contribution in [0.5, 0.6) is 5.75 Å². The molecule has 2 aromatic carbocycles. The van der Waals surface area contributed by atoms with E-state index in [1.807, 2.05) is 12.1 Å². The summed E-state index contributed by atoms with van der Waals surface area (Å²) >= 11 is 0. The summed E-state index contributed by atoms with van der Waals surface area (Å²) in [5.74, 6) is 0.357. The largest absolute Gasteiger partial charge is 0.493 e. The molecular formula is C20H24FN3O3. The van der Waals surface area contributed by atoms with E-state index < -0.39 is 6.03 Å². The average molecular weight is 373 g/mol. The molecule has 0 bridgehead atoms. The summed E-state index contributed by atoms with van der Waals surface area (Å²) in [7, 11) is 0. The molecule has 2 aromatic rings. The molecule has 144 valence electrons. The lowest BCUT2D eigenvalue weighted by atomic mass is 10.3. The van der Waals surface area contributed by atoms with Gasteiger partial charge in [-0.25, -0.2) is 9.18 Å². The van der Waals surface area contributed by atoms with Crippen LogP contribution in [-0.4, -0.2) is 50.4 Å². The molecule has 3 rings (SSSR count). The maximum absolute atomic E-state index is 12.9. The Morgan fingerprint density at radius 2 is 1.81 bits per heavy atom. The molecule has 2 amide bonds. The van der Waals surface area contributed by atoms with Gasteiger partial charge in [-0.15, -0.1) is 0 Å². The third kappa shape index (κ3) is 6.54. The minimum atomic E-state index is -0.397. The molecule has 0 aliphatic carbocycles. The predicted octanol–water partition coefficient (Wildman–Crippen LogP) is 3.57. The predicted molar refractivity (Wildman–Crippen MR) is 103 cm³/mol. The standard InChI is InChI=1S/C20H24FN3O3/c21-16-5-7-17(8-6-16)22-20(25)23-18-3-1-4-19(15-18)27-12-2-9-24-10-13-26-14-11-24/h1,3-8,15H,2,9-14H2,(H2,22,23,25). The zero-order chi connectivity index (χ0) is 18.9. The molecule has 1 heterocycles. The SMILES string of the molecule is O=C(Nc1ccc(F)cc1)Nc1cccc(OCCCN2CCOCC2)c1. The molecule has 1 aliphatic rings. The number of nitrogens with one attached hydrogen (secondary N) is 2. The first-order valence-electron chi connectivity index (χ1n) is 9.05. The number of hydrogen-bond donors (Lipinski definition) is 2. The highest BCUT2D eigenvalue weighted by molar-refractivity contribution is 5.99. The fourth-order valence-electron chi connectivity index (χ4n) is 2.79. The Balaban J connectivity index is 1.42. The third-order valence-corrected chi connectivity index (χ3v) is 4.19. The first-order valence-corrected chi connectivity index (χ1v) is 9.05. The Bertz CT molecular complexity index is 734. The molecular weight excluding hydrogens is 349 g/mol. The molecule has 6 nitrogen and oxygen atoms in total. The number of nitrogens with zero attached hydrogens (tertiary/aromatic N) is 1. The number of rotatable bonds is 7. The van der Waals surface area contributed by atoms with Crippen molar-refractivity contribution < 1.29 is 18.7 Å². The van der Waals surface area contributed by atoms with Crippen molar-refractivity contribution >= 4 is 17.4 Å². The molecule has 0 aromatic heterocycles. The summed E-state index contributed by atoms with van der Waals surface area (Å²) in [6, 6.07) is 12.4. The van der Waals surface area contributed by atoms with Crippen molar-refractivity contribution in [1.82, 2.24) is 4.90 Å². The summed E-state index contributed by atoms with van der Waals surface area (Å²) in [6.45, 7) is 5.15. The van der Waals surface area contributed by atoms with E-state index in [-0.39, 0.29) is 5.82 Å². The van der Waals surface area contributed by atoms with E-state index in [1.54, 1.807) is 12.1 Å². The number of halogens is 1. The van der Waals surface area contributed by atoms with E-state index in [4.69, 9.17) is 9.47 Å². The van der Waals surface area contributed by atoms with Crippen LogP contribution in [0, 0.1) is 5.82 Å². The first kappa shape index (κ1) is 19.1. The lowest BCUT2D eigenvalue weighted by Crippen LogP contribution is -2.37. The number of urea groups is 1. The van der Waals surface area contributed by atoms with Crippen LogP contribution in [0.15, 0.2) is 48.5 Å². The quantitative estimate of drug-likeness (QED) is 0.729. The fourth-order valence-corrected chi connectivity index (χ4v) is 2.79. The number of carbonyl (C=O) groups is 1. The Kier molecular flexibility index (Phi) is 7.01. The molecule has 1 saturated heterocycles. The molecule has 0 saturated carbocycles. The van der Waals surface area contributed by atoms with Gasteiger partial charge < -0.3 is 20.1 Å². The maximum Gasteiger partial charge on any atom is 0.323 e. The zero-order valence-corrected chi connectivity index (χ0v) is 15.1. The molecule has 1 fully saturated rings. The van der Waals surface area contributed by atoms with Gasteiger partial charge in [0, 0.05) is 37.1 Å². The van der Waals surface area contributed by atoms with Gasteiger partial charge in [-0.1, -0.05) is 6.07 Å². The van der Waals surface area contributed by atoms with Crippen molar-refractivity contribution in [2.75, 3.05) is 50.1 Å². The summed E-state index contributed by atoms with van der Waals surface area (Å²) in [5, 5.41) is 5.39. The Labute approximate surface area is 158 Å². The van der Waals surface area contributed by atoms with Crippen LogP contribution in [0.2, 0.25) is 0 Å². The van der Waals surface area contributed by atoms with Gasteiger partial charge >= 0.3 is 6.03 Å². The van der Waals surface area contributed by atoms with Gasteiger partial charge in [0.2, 0.25) is 0 Å². The zero-order valence-electron chi connectivity index (χ0n) is 15.1. The van der Waals surface area contributed by atoms with Crippen molar-refractivity contribution in [3.05, 3.63) is 54.3 Å². The van der Waals surface area contributed by atoms with Crippen molar-refractivity contribution in [3.63, 3.8) is 0 Å². The maximum atomic E-state index is 12.9. The lowest BCUT2D eigenvalue weighted by Gasteiger charge is -2.26. The van der Waals surface area contributed by atoms with Crippen LogP contribution in [0.1, 0.15) is 6.42 Å². The highest BCUT2D eigenvalue weighted by Gasteiger charge is 2.09. The molecule has 2 N–H and O–H groups in total. The number of hydrogen-bond acceptors (Lipinski definition) is 4. The number of benzene rings is 2. The highest BCUT2D eigenvalue weighted by Crippen LogP contribution is 2.18. The second-order valence-corrected chi connectivity index (χ2v) is 6.27. The van der Waals surface area contributed by atoms with Crippen LogP contribution in [0.25, 0.3) is 0 Å². The number of ether oxygens (including phenoxy) is 2. The number of amides is 2. The first-order chi connectivity index (χ1) is 13.2. The molecule has 0 spiro atoms. The summed E-state index contributed by atoms with van der Waals surface area (Å²) in [4.78, 5) is 14.4. The van der Waals surface area contributed by atoms with Crippen LogP contribution in [0.3, 0.4) is 0 Å². The smallest absolute Gasteiger partial charge is 0.323 e. The number of carbonyl (C=O) groups excluding carboxylic acids is 1. The fraction of sp³-hybridized carbons (Fsp3) is 0.350. The van der Waals surface area contributed by atoms with Crippen molar-refractivity contribution in [1.29, 1.82) is 0 Å². The minimum Gasteiger partial charge on any atom is -0.493 e.